The number of anilines is 1. The van der Waals surface area contributed by atoms with E-state index in [9.17, 15) is 40.6 Å². The molecule has 1 amide bonds. The molecule has 0 aromatic heterocycles. The van der Waals surface area contributed by atoms with Crippen molar-refractivity contribution in [2.24, 2.45) is 5.92 Å². The molecule has 2 unspecified atom stereocenters. The van der Waals surface area contributed by atoms with Gasteiger partial charge < -0.3 is 15.5 Å². The summed E-state index contributed by atoms with van der Waals surface area (Å²) in [6.45, 7) is 2.45. The van der Waals surface area contributed by atoms with Crippen molar-refractivity contribution in [1.29, 1.82) is 0 Å². The molecule has 0 aliphatic heterocycles. The predicted molar refractivity (Wildman–Crippen MR) is 128 cm³/mol. The molecule has 0 heterocycles. The highest BCUT2D eigenvalue weighted by atomic mass is 19.4. The first-order valence-corrected chi connectivity index (χ1v) is 11.7. The summed E-state index contributed by atoms with van der Waals surface area (Å²) >= 11 is 0. The number of carbonyl (C=O) groups excluding carboxylic acids is 1. The zero-order valence-electron chi connectivity index (χ0n) is 20.9. The molecule has 212 valence electrons. The van der Waals surface area contributed by atoms with Crippen molar-refractivity contribution in [3.8, 4) is 11.8 Å². The Morgan fingerprint density at radius 2 is 1.67 bits per heavy atom. The SMILES string of the molecule is CC(C)(O)C#Cc1cc(C2CCCC(C(=O)Nc3ccc(C(F)(F)F)cc3F)C2)ccc1C(F)(F)F.O=CO. The highest BCUT2D eigenvalue weighted by Crippen LogP contribution is 2.40. The molecule has 0 radical (unpaired) electrons. The molecular weight excluding hydrogens is 535 g/mol. The van der Waals surface area contributed by atoms with Crippen LogP contribution in [0.4, 0.5) is 36.4 Å². The fourth-order valence-corrected chi connectivity index (χ4v) is 4.14. The van der Waals surface area contributed by atoms with Crippen LogP contribution in [0.25, 0.3) is 0 Å². The molecule has 2 atom stereocenters. The summed E-state index contributed by atoms with van der Waals surface area (Å²) < 4.78 is 92.8. The molecule has 39 heavy (non-hydrogen) atoms. The lowest BCUT2D eigenvalue weighted by Gasteiger charge is -2.29. The first kappa shape index (κ1) is 31.6. The molecule has 0 saturated heterocycles. The van der Waals surface area contributed by atoms with E-state index in [1.165, 1.54) is 26.0 Å². The van der Waals surface area contributed by atoms with Gasteiger partial charge in [-0.25, -0.2) is 4.39 Å². The second kappa shape index (κ2) is 12.5. The van der Waals surface area contributed by atoms with Gasteiger partial charge in [0.1, 0.15) is 11.4 Å². The molecule has 2 aromatic rings. The monoisotopic (exact) mass is 561 g/mol. The largest absolute Gasteiger partial charge is 0.483 e. The maximum atomic E-state index is 14.1. The third-order valence-corrected chi connectivity index (χ3v) is 5.92. The average molecular weight is 561 g/mol. The van der Waals surface area contributed by atoms with Gasteiger partial charge in [-0.05, 0) is 74.9 Å². The zero-order valence-corrected chi connectivity index (χ0v) is 20.9. The maximum absolute atomic E-state index is 14.1. The van der Waals surface area contributed by atoms with Gasteiger partial charge in [0.25, 0.3) is 6.47 Å². The van der Waals surface area contributed by atoms with E-state index in [0.29, 0.717) is 37.0 Å². The standard InChI is InChI=1S/C26H24F7NO2.CH2O2/c1-24(2,36)11-10-17-12-16(6-8-20(17)26(31,32)33)15-4-3-5-18(13-15)23(35)34-22-9-7-19(14-21(22)27)25(28,29)30;2-1-3/h6-9,12,14-15,18,36H,3-5,13H2,1-2H3,(H,34,35);1H,(H,2,3). The third-order valence-electron chi connectivity index (χ3n) is 5.92. The number of halogens is 7. The fraction of sp³-hybridized carbons (Fsp3) is 0.407. The molecule has 1 aliphatic carbocycles. The van der Waals surface area contributed by atoms with Gasteiger partial charge in [-0.1, -0.05) is 24.3 Å². The van der Waals surface area contributed by atoms with Crippen LogP contribution in [0.1, 0.15) is 67.7 Å². The van der Waals surface area contributed by atoms with E-state index in [1.54, 1.807) is 0 Å². The summed E-state index contributed by atoms with van der Waals surface area (Å²) in [6.07, 6.45) is -7.50. The average Bonchev–Trinajstić information content (AvgIpc) is 2.82. The number of aliphatic hydroxyl groups is 1. The summed E-state index contributed by atoms with van der Waals surface area (Å²) in [7, 11) is 0. The van der Waals surface area contributed by atoms with Crippen molar-refractivity contribution in [1.82, 2.24) is 0 Å². The maximum Gasteiger partial charge on any atom is 0.417 e. The minimum Gasteiger partial charge on any atom is -0.483 e. The van der Waals surface area contributed by atoms with Gasteiger partial charge in [-0.15, -0.1) is 0 Å². The van der Waals surface area contributed by atoms with Crippen molar-refractivity contribution < 1.29 is 50.5 Å². The number of nitrogens with one attached hydrogen (secondary N) is 1. The quantitative estimate of drug-likeness (QED) is 0.224. The van der Waals surface area contributed by atoms with Gasteiger partial charge in [0.15, 0.2) is 0 Å². The number of amides is 1. The van der Waals surface area contributed by atoms with Gasteiger partial charge >= 0.3 is 12.4 Å². The predicted octanol–water partition coefficient (Wildman–Crippen LogP) is 6.60. The highest BCUT2D eigenvalue weighted by molar-refractivity contribution is 5.92. The number of hydrogen-bond acceptors (Lipinski definition) is 3. The summed E-state index contributed by atoms with van der Waals surface area (Å²) in [5.74, 6) is 2.11. The Morgan fingerprint density at radius 3 is 2.21 bits per heavy atom. The van der Waals surface area contributed by atoms with Crippen molar-refractivity contribution >= 4 is 18.1 Å². The lowest BCUT2D eigenvalue weighted by atomic mass is 9.77. The lowest BCUT2D eigenvalue weighted by molar-refractivity contribution is -0.138. The normalized spacial score (nSPS) is 17.7. The Balaban J connectivity index is 0.00000170. The van der Waals surface area contributed by atoms with Crippen LogP contribution in [-0.4, -0.2) is 28.2 Å². The van der Waals surface area contributed by atoms with Crippen LogP contribution in [0.15, 0.2) is 36.4 Å². The first-order valence-electron chi connectivity index (χ1n) is 11.7. The molecule has 1 aliphatic rings. The summed E-state index contributed by atoms with van der Waals surface area (Å²) in [6, 6.07) is 5.38. The van der Waals surface area contributed by atoms with E-state index in [2.05, 4.69) is 17.2 Å². The van der Waals surface area contributed by atoms with Crippen LogP contribution in [0.5, 0.6) is 0 Å². The lowest BCUT2D eigenvalue weighted by Crippen LogP contribution is -2.28. The summed E-state index contributed by atoms with van der Waals surface area (Å²) in [5, 5.41) is 19.0. The second-order valence-corrected chi connectivity index (χ2v) is 9.46. The number of carboxylic acid groups (broad SMARTS) is 1. The summed E-state index contributed by atoms with van der Waals surface area (Å²) in [5.41, 5.74) is -3.75. The van der Waals surface area contributed by atoms with Gasteiger partial charge in [0, 0.05) is 11.5 Å². The van der Waals surface area contributed by atoms with Crippen LogP contribution in [-0.2, 0) is 21.9 Å². The molecule has 3 N–H and O–H groups in total. The molecule has 0 spiro atoms. The molecule has 3 rings (SSSR count). The number of rotatable bonds is 3. The van der Waals surface area contributed by atoms with Crippen molar-refractivity contribution in [2.45, 2.75) is 63.4 Å². The number of alkyl halides is 6. The molecule has 0 bridgehead atoms. The van der Waals surface area contributed by atoms with Gasteiger partial charge in [0.05, 0.1) is 16.8 Å². The van der Waals surface area contributed by atoms with Crippen LogP contribution >= 0.6 is 0 Å². The highest BCUT2D eigenvalue weighted by Gasteiger charge is 2.35. The van der Waals surface area contributed by atoms with E-state index in [-0.39, 0.29) is 30.1 Å². The van der Waals surface area contributed by atoms with Crippen LogP contribution in [0.3, 0.4) is 0 Å². The summed E-state index contributed by atoms with van der Waals surface area (Å²) in [4.78, 5) is 21.1. The Morgan fingerprint density at radius 1 is 1.03 bits per heavy atom. The first-order chi connectivity index (χ1) is 18.0. The van der Waals surface area contributed by atoms with Gasteiger partial charge in [-0.2, -0.15) is 26.3 Å². The molecule has 1 saturated carbocycles. The van der Waals surface area contributed by atoms with E-state index in [1.807, 2.05) is 0 Å². The van der Waals surface area contributed by atoms with E-state index < -0.39 is 46.7 Å². The van der Waals surface area contributed by atoms with E-state index in [0.717, 1.165) is 12.1 Å². The Bertz CT molecular complexity index is 1240. The molecular formula is C27H26F7NO4. The van der Waals surface area contributed by atoms with Crippen LogP contribution < -0.4 is 5.32 Å². The van der Waals surface area contributed by atoms with Crippen LogP contribution in [0, 0.1) is 23.6 Å². The Hall–Kier alpha value is -3.59. The van der Waals surface area contributed by atoms with Crippen molar-refractivity contribution in [3.05, 3.63) is 64.5 Å². The zero-order chi connectivity index (χ0) is 29.6. The van der Waals surface area contributed by atoms with E-state index in [4.69, 9.17) is 9.90 Å². The molecule has 5 nitrogen and oxygen atoms in total. The molecule has 2 aromatic carbocycles. The second-order valence-electron chi connectivity index (χ2n) is 9.46. The third kappa shape index (κ3) is 9.28. The Labute approximate surface area is 220 Å². The van der Waals surface area contributed by atoms with Crippen molar-refractivity contribution in [3.63, 3.8) is 0 Å². The molecule has 1 fully saturated rings. The number of hydrogen-bond donors (Lipinski definition) is 3. The minimum atomic E-state index is -4.72. The fourth-order valence-electron chi connectivity index (χ4n) is 4.14. The van der Waals surface area contributed by atoms with E-state index >= 15 is 0 Å². The number of carbonyl (C=O) groups is 2. The molecule has 12 heteroatoms. The topological polar surface area (TPSA) is 86.6 Å². The van der Waals surface area contributed by atoms with Gasteiger partial charge in [-0.3, -0.25) is 9.59 Å². The van der Waals surface area contributed by atoms with Gasteiger partial charge in [0.2, 0.25) is 5.91 Å². The van der Waals surface area contributed by atoms with Crippen LogP contribution in [0.2, 0.25) is 0 Å². The van der Waals surface area contributed by atoms with Crippen molar-refractivity contribution in [2.75, 3.05) is 5.32 Å². The number of benzene rings is 2. The minimum absolute atomic E-state index is 0.250. The smallest absolute Gasteiger partial charge is 0.417 e. The Kier molecular flexibility index (Phi) is 10.1.